The molecule has 1 saturated carbocycles. The van der Waals surface area contributed by atoms with Crippen LogP contribution in [0.15, 0.2) is 24.3 Å². The summed E-state index contributed by atoms with van der Waals surface area (Å²) < 4.78 is 5.16. The second kappa shape index (κ2) is 5.82. The molecular weight excluding hydrogens is 260 g/mol. The van der Waals surface area contributed by atoms with Crippen LogP contribution in [0.2, 0.25) is 0 Å². The van der Waals surface area contributed by atoms with E-state index >= 15 is 0 Å². The predicted octanol–water partition coefficient (Wildman–Crippen LogP) is 5.12. The van der Waals surface area contributed by atoms with Crippen molar-refractivity contribution >= 4 is 5.78 Å². The lowest BCUT2D eigenvalue weighted by atomic mass is 9.63. The zero-order valence-electron chi connectivity index (χ0n) is 14.0. The molecule has 0 aromatic heterocycles. The van der Waals surface area contributed by atoms with Gasteiger partial charge >= 0.3 is 0 Å². The second-order valence-corrected chi connectivity index (χ2v) is 7.76. The summed E-state index contributed by atoms with van der Waals surface area (Å²) in [6.45, 7) is 9.07. The Morgan fingerprint density at radius 3 is 2.10 bits per heavy atom. The number of methoxy groups -OCH3 is 1. The number of ether oxygens (including phenoxy) is 1. The van der Waals surface area contributed by atoms with Gasteiger partial charge in [0, 0.05) is 11.0 Å². The molecule has 21 heavy (non-hydrogen) atoms. The molecule has 116 valence electrons. The van der Waals surface area contributed by atoms with Gasteiger partial charge in [-0.05, 0) is 61.3 Å². The minimum Gasteiger partial charge on any atom is -0.497 e. The molecule has 1 aliphatic carbocycles. The van der Waals surface area contributed by atoms with Crippen LogP contribution in [0.5, 0.6) is 5.75 Å². The van der Waals surface area contributed by atoms with E-state index in [-0.39, 0.29) is 11.2 Å². The first-order valence-corrected chi connectivity index (χ1v) is 7.95. The first-order chi connectivity index (χ1) is 9.76. The second-order valence-electron chi connectivity index (χ2n) is 7.76. The Balaban J connectivity index is 2.08. The fourth-order valence-corrected chi connectivity index (χ4v) is 3.44. The van der Waals surface area contributed by atoms with Gasteiger partial charge < -0.3 is 4.74 Å². The van der Waals surface area contributed by atoms with Crippen molar-refractivity contribution in [1.29, 1.82) is 0 Å². The third-order valence-electron chi connectivity index (χ3n) is 5.21. The Morgan fingerprint density at radius 2 is 1.67 bits per heavy atom. The van der Waals surface area contributed by atoms with Crippen molar-refractivity contribution in [1.82, 2.24) is 0 Å². The van der Waals surface area contributed by atoms with Crippen molar-refractivity contribution in [2.75, 3.05) is 7.11 Å². The summed E-state index contributed by atoms with van der Waals surface area (Å²) in [5.74, 6) is 1.82. The number of Topliss-reactive ketones (excluding diaryl/α,β-unsaturated/α-hetero) is 1. The van der Waals surface area contributed by atoms with E-state index in [1.165, 1.54) is 0 Å². The maximum Gasteiger partial charge on any atom is 0.168 e. The average Bonchev–Trinajstić information content (AvgIpc) is 2.46. The molecule has 1 aliphatic rings. The minimum absolute atomic E-state index is 0.198. The Bertz CT molecular complexity index is 485. The van der Waals surface area contributed by atoms with E-state index in [4.69, 9.17) is 4.74 Å². The van der Waals surface area contributed by atoms with E-state index < -0.39 is 0 Å². The van der Waals surface area contributed by atoms with Gasteiger partial charge in [-0.15, -0.1) is 0 Å². The van der Waals surface area contributed by atoms with Crippen LogP contribution >= 0.6 is 0 Å². The molecule has 0 aliphatic heterocycles. The van der Waals surface area contributed by atoms with Crippen LogP contribution in [0, 0.1) is 16.7 Å². The summed E-state index contributed by atoms with van der Waals surface area (Å²) in [4.78, 5) is 12.8. The SMILES string of the molecule is COc1ccc(C(=O)C2(C)CCC(C(C)(C)C)CC2)cc1. The van der Waals surface area contributed by atoms with Crippen LogP contribution in [0.3, 0.4) is 0 Å². The summed E-state index contributed by atoms with van der Waals surface area (Å²) in [6, 6.07) is 7.53. The molecule has 0 amide bonds. The van der Waals surface area contributed by atoms with Crippen LogP contribution < -0.4 is 4.74 Å². The van der Waals surface area contributed by atoms with Gasteiger partial charge in [-0.1, -0.05) is 27.7 Å². The third kappa shape index (κ3) is 3.48. The van der Waals surface area contributed by atoms with Gasteiger partial charge in [0.25, 0.3) is 0 Å². The van der Waals surface area contributed by atoms with Crippen LogP contribution in [0.1, 0.15) is 63.7 Å². The molecule has 0 N–H and O–H groups in total. The molecule has 0 heterocycles. The lowest BCUT2D eigenvalue weighted by molar-refractivity contribution is 0.0610. The molecule has 0 unspecified atom stereocenters. The molecule has 0 bridgehead atoms. The molecule has 2 heteroatoms. The van der Waals surface area contributed by atoms with E-state index in [9.17, 15) is 4.79 Å². The third-order valence-corrected chi connectivity index (χ3v) is 5.21. The Morgan fingerprint density at radius 1 is 1.14 bits per heavy atom. The van der Waals surface area contributed by atoms with Gasteiger partial charge in [-0.2, -0.15) is 0 Å². The van der Waals surface area contributed by atoms with E-state index in [1.807, 2.05) is 24.3 Å². The number of carbonyl (C=O) groups is 1. The highest BCUT2D eigenvalue weighted by Crippen LogP contribution is 2.46. The molecule has 0 spiro atoms. The van der Waals surface area contributed by atoms with Gasteiger partial charge in [0.1, 0.15) is 5.75 Å². The summed E-state index contributed by atoms with van der Waals surface area (Å²) in [5, 5.41) is 0. The van der Waals surface area contributed by atoms with Crippen LogP contribution in [0.25, 0.3) is 0 Å². The average molecular weight is 288 g/mol. The molecule has 1 fully saturated rings. The molecule has 0 radical (unpaired) electrons. The number of hydrogen-bond acceptors (Lipinski definition) is 2. The minimum atomic E-state index is -0.198. The highest BCUT2D eigenvalue weighted by molar-refractivity contribution is 6.00. The zero-order chi connectivity index (χ0) is 15.7. The first kappa shape index (κ1) is 16.1. The lowest BCUT2D eigenvalue weighted by Crippen LogP contribution is -2.36. The number of rotatable bonds is 3. The molecule has 2 nitrogen and oxygen atoms in total. The quantitative estimate of drug-likeness (QED) is 0.721. The smallest absolute Gasteiger partial charge is 0.168 e. The highest BCUT2D eigenvalue weighted by atomic mass is 16.5. The van der Waals surface area contributed by atoms with Crippen LogP contribution in [0.4, 0.5) is 0 Å². The highest BCUT2D eigenvalue weighted by Gasteiger charge is 2.40. The van der Waals surface area contributed by atoms with Crippen molar-refractivity contribution < 1.29 is 9.53 Å². The van der Waals surface area contributed by atoms with Crippen molar-refractivity contribution in [3.63, 3.8) is 0 Å². The van der Waals surface area contributed by atoms with Crippen molar-refractivity contribution in [2.24, 2.45) is 16.7 Å². The largest absolute Gasteiger partial charge is 0.497 e. The standard InChI is InChI=1S/C19H28O2/c1-18(2,3)15-10-12-19(4,13-11-15)17(20)14-6-8-16(21-5)9-7-14/h6-9,15H,10-13H2,1-5H3. The normalized spacial score (nSPS) is 26.4. The van der Waals surface area contributed by atoms with Gasteiger partial charge in [0.2, 0.25) is 0 Å². The molecule has 2 rings (SSSR count). The monoisotopic (exact) mass is 288 g/mol. The summed E-state index contributed by atoms with van der Waals surface area (Å²) in [5.41, 5.74) is 0.966. The van der Waals surface area contributed by atoms with E-state index in [0.717, 1.165) is 42.9 Å². The zero-order valence-corrected chi connectivity index (χ0v) is 14.0. The van der Waals surface area contributed by atoms with Gasteiger partial charge in [-0.25, -0.2) is 0 Å². The summed E-state index contributed by atoms with van der Waals surface area (Å²) in [7, 11) is 1.64. The molecule has 0 saturated heterocycles. The topological polar surface area (TPSA) is 26.3 Å². The van der Waals surface area contributed by atoms with E-state index in [1.54, 1.807) is 7.11 Å². The number of benzene rings is 1. The maximum atomic E-state index is 12.8. The van der Waals surface area contributed by atoms with Gasteiger partial charge in [0.15, 0.2) is 5.78 Å². The Kier molecular flexibility index (Phi) is 4.46. The number of ketones is 1. The molecule has 0 atom stereocenters. The fourth-order valence-electron chi connectivity index (χ4n) is 3.44. The number of hydrogen-bond donors (Lipinski definition) is 0. The predicted molar refractivity (Wildman–Crippen MR) is 86.8 cm³/mol. The van der Waals surface area contributed by atoms with E-state index in [0.29, 0.717) is 5.41 Å². The Labute approximate surface area is 128 Å². The van der Waals surface area contributed by atoms with Crippen LogP contribution in [-0.4, -0.2) is 12.9 Å². The first-order valence-electron chi connectivity index (χ1n) is 7.95. The Hall–Kier alpha value is -1.31. The molecular formula is C19H28O2. The van der Waals surface area contributed by atoms with E-state index in [2.05, 4.69) is 27.7 Å². The number of carbonyl (C=O) groups excluding carboxylic acids is 1. The lowest BCUT2D eigenvalue weighted by Gasteiger charge is -2.41. The van der Waals surface area contributed by atoms with Crippen molar-refractivity contribution in [3.8, 4) is 5.75 Å². The molecule has 1 aromatic carbocycles. The van der Waals surface area contributed by atoms with Crippen molar-refractivity contribution in [2.45, 2.75) is 53.4 Å². The van der Waals surface area contributed by atoms with Crippen LogP contribution in [-0.2, 0) is 0 Å². The summed E-state index contributed by atoms with van der Waals surface area (Å²) >= 11 is 0. The van der Waals surface area contributed by atoms with Gasteiger partial charge in [0.05, 0.1) is 7.11 Å². The van der Waals surface area contributed by atoms with Gasteiger partial charge in [-0.3, -0.25) is 4.79 Å². The summed E-state index contributed by atoms with van der Waals surface area (Å²) in [6.07, 6.45) is 4.31. The fraction of sp³-hybridized carbons (Fsp3) is 0.632. The maximum absolute atomic E-state index is 12.8. The van der Waals surface area contributed by atoms with Crippen molar-refractivity contribution in [3.05, 3.63) is 29.8 Å². The molecule has 1 aromatic rings.